The second-order valence-electron chi connectivity index (χ2n) is 3.03. The molecule has 0 spiro atoms. The average molecular weight is 220 g/mol. The van der Waals surface area contributed by atoms with E-state index in [9.17, 15) is 8.78 Å². The predicted molar refractivity (Wildman–Crippen MR) is 53.4 cm³/mol. The summed E-state index contributed by atoms with van der Waals surface area (Å²) in [5, 5.41) is 2.81. The van der Waals surface area contributed by atoms with Crippen molar-refractivity contribution < 1.29 is 8.78 Å². The Morgan fingerprint density at radius 3 is 2.64 bits per heavy atom. The van der Waals surface area contributed by atoms with Gasteiger partial charge in [-0.3, -0.25) is 0 Å². The van der Waals surface area contributed by atoms with Gasteiger partial charge in [0.05, 0.1) is 5.02 Å². The first-order valence-electron chi connectivity index (χ1n) is 4.49. The van der Waals surface area contributed by atoms with E-state index in [1.54, 1.807) is 0 Å². The maximum absolute atomic E-state index is 13.2. The van der Waals surface area contributed by atoms with E-state index in [0.29, 0.717) is 12.1 Å². The lowest BCUT2D eigenvalue weighted by atomic mass is 10.2. The standard InChI is InChI=1S/C10H12ClF2N/c1-2-3-14-6-7-4-10(13)8(11)5-9(7)12/h4-5,14H,2-3,6H2,1H3. The molecule has 1 nitrogen and oxygen atoms in total. The molecule has 0 radical (unpaired) electrons. The van der Waals surface area contributed by atoms with Crippen molar-refractivity contribution >= 4 is 11.6 Å². The highest BCUT2D eigenvalue weighted by molar-refractivity contribution is 6.30. The molecule has 0 heterocycles. The number of benzene rings is 1. The average Bonchev–Trinajstić information content (AvgIpc) is 2.14. The van der Waals surface area contributed by atoms with Crippen LogP contribution in [0.25, 0.3) is 0 Å². The van der Waals surface area contributed by atoms with E-state index in [-0.39, 0.29) is 5.02 Å². The van der Waals surface area contributed by atoms with E-state index in [0.717, 1.165) is 25.1 Å². The van der Waals surface area contributed by atoms with Gasteiger partial charge in [-0.1, -0.05) is 18.5 Å². The van der Waals surface area contributed by atoms with Gasteiger partial charge in [-0.25, -0.2) is 8.78 Å². The molecule has 0 unspecified atom stereocenters. The zero-order chi connectivity index (χ0) is 10.6. The number of hydrogen-bond donors (Lipinski definition) is 1. The fraction of sp³-hybridized carbons (Fsp3) is 0.400. The van der Waals surface area contributed by atoms with Gasteiger partial charge in [0.1, 0.15) is 11.6 Å². The van der Waals surface area contributed by atoms with Crippen LogP contribution in [0.3, 0.4) is 0 Å². The molecule has 4 heteroatoms. The van der Waals surface area contributed by atoms with Crippen molar-refractivity contribution in [3.8, 4) is 0 Å². The fourth-order valence-corrected chi connectivity index (χ4v) is 1.25. The Labute approximate surface area is 87.1 Å². The zero-order valence-corrected chi connectivity index (χ0v) is 8.67. The van der Waals surface area contributed by atoms with Crippen LogP contribution in [0, 0.1) is 11.6 Å². The number of rotatable bonds is 4. The second kappa shape index (κ2) is 5.27. The monoisotopic (exact) mass is 219 g/mol. The molecule has 1 rings (SSSR count). The highest BCUT2D eigenvalue weighted by Gasteiger charge is 2.07. The molecule has 0 aliphatic heterocycles. The first-order valence-corrected chi connectivity index (χ1v) is 4.87. The quantitative estimate of drug-likeness (QED) is 0.606. The minimum absolute atomic E-state index is 0.179. The second-order valence-corrected chi connectivity index (χ2v) is 3.44. The van der Waals surface area contributed by atoms with Gasteiger partial charge in [0, 0.05) is 12.1 Å². The molecular formula is C10H12ClF2N. The molecule has 78 valence electrons. The highest BCUT2D eigenvalue weighted by Crippen LogP contribution is 2.18. The summed E-state index contributed by atoms with van der Waals surface area (Å²) < 4.78 is 26.1. The molecule has 0 aliphatic rings. The molecule has 1 N–H and O–H groups in total. The third-order valence-electron chi connectivity index (χ3n) is 1.83. The van der Waals surface area contributed by atoms with Crippen LogP contribution in [0.4, 0.5) is 8.78 Å². The maximum Gasteiger partial charge on any atom is 0.142 e. The molecule has 0 saturated carbocycles. The molecule has 0 saturated heterocycles. The molecule has 0 aromatic heterocycles. The van der Waals surface area contributed by atoms with Gasteiger partial charge in [-0.05, 0) is 25.1 Å². The van der Waals surface area contributed by atoms with E-state index in [2.05, 4.69) is 5.32 Å². The molecule has 0 aliphatic carbocycles. The Hall–Kier alpha value is -0.670. The summed E-state index contributed by atoms with van der Waals surface area (Å²) in [5.41, 5.74) is 0.306. The summed E-state index contributed by atoms with van der Waals surface area (Å²) in [6.07, 6.45) is 0.956. The maximum atomic E-state index is 13.2. The summed E-state index contributed by atoms with van der Waals surface area (Å²) >= 11 is 5.41. The Morgan fingerprint density at radius 1 is 1.29 bits per heavy atom. The molecule has 1 aromatic rings. The first-order chi connectivity index (χ1) is 6.65. The van der Waals surface area contributed by atoms with Crippen LogP contribution in [0.1, 0.15) is 18.9 Å². The molecule has 14 heavy (non-hydrogen) atoms. The van der Waals surface area contributed by atoms with E-state index < -0.39 is 11.6 Å². The topological polar surface area (TPSA) is 12.0 Å². The Kier molecular flexibility index (Phi) is 4.29. The number of nitrogens with one attached hydrogen (secondary N) is 1. The van der Waals surface area contributed by atoms with E-state index in [4.69, 9.17) is 11.6 Å². The summed E-state index contributed by atoms with van der Waals surface area (Å²) in [6.45, 7) is 3.11. The third-order valence-corrected chi connectivity index (χ3v) is 2.12. The van der Waals surface area contributed by atoms with Crippen LogP contribution >= 0.6 is 11.6 Å². The van der Waals surface area contributed by atoms with Crippen LogP contribution < -0.4 is 5.32 Å². The van der Waals surface area contributed by atoms with Crippen LogP contribution in [0.2, 0.25) is 5.02 Å². The largest absolute Gasteiger partial charge is 0.313 e. The molecule has 0 atom stereocenters. The van der Waals surface area contributed by atoms with Crippen LogP contribution in [0.15, 0.2) is 12.1 Å². The number of hydrogen-bond acceptors (Lipinski definition) is 1. The van der Waals surface area contributed by atoms with Gasteiger partial charge in [-0.2, -0.15) is 0 Å². The molecule has 0 fully saturated rings. The minimum atomic E-state index is -0.582. The molecular weight excluding hydrogens is 208 g/mol. The Bertz CT molecular complexity index is 315. The summed E-state index contributed by atoms with van der Waals surface area (Å²) in [4.78, 5) is 0. The lowest BCUT2D eigenvalue weighted by molar-refractivity contribution is 0.568. The molecule has 1 aromatic carbocycles. The summed E-state index contributed by atoms with van der Waals surface area (Å²) in [6, 6.07) is 2.13. The molecule has 0 amide bonds. The van der Waals surface area contributed by atoms with Gasteiger partial charge < -0.3 is 5.32 Å². The lowest BCUT2D eigenvalue weighted by Gasteiger charge is -2.05. The normalized spacial score (nSPS) is 10.6. The van der Waals surface area contributed by atoms with Gasteiger partial charge >= 0.3 is 0 Å². The van der Waals surface area contributed by atoms with Crippen molar-refractivity contribution in [1.82, 2.24) is 5.32 Å². The fourth-order valence-electron chi connectivity index (χ4n) is 1.10. The summed E-state index contributed by atoms with van der Waals surface area (Å²) in [5.74, 6) is -1.05. The van der Waals surface area contributed by atoms with Crippen molar-refractivity contribution in [2.75, 3.05) is 6.54 Å². The van der Waals surface area contributed by atoms with Crippen LogP contribution in [-0.2, 0) is 6.54 Å². The zero-order valence-electron chi connectivity index (χ0n) is 7.91. The molecule has 0 bridgehead atoms. The SMILES string of the molecule is CCCNCc1cc(F)c(Cl)cc1F. The van der Waals surface area contributed by atoms with Crippen molar-refractivity contribution in [2.24, 2.45) is 0 Å². The Balaban J connectivity index is 2.72. The van der Waals surface area contributed by atoms with E-state index in [1.165, 1.54) is 0 Å². The van der Waals surface area contributed by atoms with Gasteiger partial charge in [0.2, 0.25) is 0 Å². The van der Waals surface area contributed by atoms with Crippen molar-refractivity contribution in [1.29, 1.82) is 0 Å². The van der Waals surface area contributed by atoms with E-state index >= 15 is 0 Å². The van der Waals surface area contributed by atoms with Crippen molar-refractivity contribution in [2.45, 2.75) is 19.9 Å². The van der Waals surface area contributed by atoms with Crippen LogP contribution in [0.5, 0.6) is 0 Å². The van der Waals surface area contributed by atoms with Gasteiger partial charge in [0.15, 0.2) is 0 Å². The smallest absolute Gasteiger partial charge is 0.142 e. The lowest BCUT2D eigenvalue weighted by Crippen LogP contribution is -2.15. The number of halogens is 3. The Morgan fingerprint density at radius 2 is 2.00 bits per heavy atom. The summed E-state index contributed by atoms with van der Waals surface area (Å²) in [7, 11) is 0. The van der Waals surface area contributed by atoms with Crippen molar-refractivity contribution in [3.63, 3.8) is 0 Å². The van der Waals surface area contributed by atoms with E-state index in [1.807, 2.05) is 6.92 Å². The van der Waals surface area contributed by atoms with Crippen LogP contribution in [-0.4, -0.2) is 6.54 Å². The highest BCUT2D eigenvalue weighted by atomic mass is 35.5. The third kappa shape index (κ3) is 2.93. The minimum Gasteiger partial charge on any atom is -0.313 e. The van der Waals surface area contributed by atoms with Crippen molar-refractivity contribution in [3.05, 3.63) is 34.4 Å². The first kappa shape index (κ1) is 11.4. The predicted octanol–water partition coefficient (Wildman–Crippen LogP) is 3.12. The van der Waals surface area contributed by atoms with Gasteiger partial charge in [-0.15, -0.1) is 0 Å². The van der Waals surface area contributed by atoms with Gasteiger partial charge in [0.25, 0.3) is 0 Å².